The standard InChI is InChI=1S/C16H20N6O4/c1-9(23)13(21-17-3)15(25)19-11-5-7-12(8-6-11)20-16(26)14(10(2)24)22-18-4/h5-8,13-14H,1-4H3,(H,19,25)(H,20,26)/b21-17+,22-18+. The molecule has 138 valence electrons. The number of carbonyl (C=O) groups is 4. The summed E-state index contributed by atoms with van der Waals surface area (Å²) in [6.45, 7) is 2.49. The first-order valence-corrected chi connectivity index (χ1v) is 7.60. The summed E-state index contributed by atoms with van der Waals surface area (Å²) in [6.07, 6.45) is 0. The molecule has 0 aliphatic rings. The minimum atomic E-state index is -1.21. The van der Waals surface area contributed by atoms with Gasteiger partial charge >= 0.3 is 0 Å². The van der Waals surface area contributed by atoms with Gasteiger partial charge in [0.15, 0.2) is 11.6 Å². The largest absolute Gasteiger partial charge is 0.324 e. The summed E-state index contributed by atoms with van der Waals surface area (Å²) in [6, 6.07) is 3.68. The van der Waals surface area contributed by atoms with Crippen molar-refractivity contribution in [2.45, 2.75) is 25.9 Å². The Bertz CT molecular complexity index is 679. The Kier molecular flexibility index (Phi) is 7.87. The lowest BCUT2D eigenvalue weighted by Crippen LogP contribution is -2.32. The van der Waals surface area contributed by atoms with Gasteiger partial charge in [-0.15, -0.1) is 0 Å². The van der Waals surface area contributed by atoms with Crippen molar-refractivity contribution in [3.63, 3.8) is 0 Å². The Labute approximate surface area is 150 Å². The monoisotopic (exact) mass is 360 g/mol. The zero-order chi connectivity index (χ0) is 19.7. The molecule has 0 spiro atoms. The molecule has 0 radical (unpaired) electrons. The van der Waals surface area contributed by atoms with Crippen LogP contribution in [0.3, 0.4) is 0 Å². The Morgan fingerprint density at radius 2 is 1.04 bits per heavy atom. The third kappa shape index (κ3) is 5.96. The number of rotatable bonds is 8. The number of nitrogens with one attached hydrogen (secondary N) is 2. The topological polar surface area (TPSA) is 142 Å². The molecule has 1 rings (SSSR count). The van der Waals surface area contributed by atoms with E-state index in [1.54, 1.807) is 0 Å². The number of hydrogen-bond acceptors (Lipinski definition) is 8. The third-order valence-electron chi connectivity index (χ3n) is 3.15. The van der Waals surface area contributed by atoms with Crippen molar-refractivity contribution in [1.82, 2.24) is 0 Å². The van der Waals surface area contributed by atoms with E-state index in [0.29, 0.717) is 11.4 Å². The molecule has 0 heterocycles. The van der Waals surface area contributed by atoms with Crippen molar-refractivity contribution in [3.05, 3.63) is 24.3 Å². The highest BCUT2D eigenvalue weighted by Crippen LogP contribution is 2.15. The van der Waals surface area contributed by atoms with E-state index >= 15 is 0 Å². The molecule has 0 fully saturated rings. The lowest BCUT2D eigenvalue weighted by Gasteiger charge is -2.11. The number of azo groups is 2. The summed E-state index contributed by atoms with van der Waals surface area (Å²) in [5.74, 6) is -2.09. The van der Waals surface area contributed by atoms with Gasteiger partial charge in [-0.2, -0.15) is 20.5 Å². The molecule has 10 heteroatoms. The van der Waals surface area contributed by atoms with Crippen LogP contribution >= 0.6 is 0 Å². The molecule has 2 N–H and O–H groups in total. The van der Waals surface area contributed by atoms with Crippen LogP contribution in [-0.2, 0) is 19.2 Å². The van der Waals surface area contributed by atoms with Crippen molar-refractivity contribution in [2.75, 3.05) is 24.7 Å². The number of Topliss-reactive ketones (excluding diaryl/α,β-unsaturated/α-hetero) is 2. The summed E-state index contributed by atoms with van der Waals surface area (Å²) in [5, 5.41) is 19.2. The summed E-state index contributed by atoms with van der Waals surface area (Å²) in [4.78, 5) is 46.9. The normalized spacial score (nSPS) is 13.4. The molecular weight excluding hydrogens is 340 g/mol. The van der Waals surface area contributed by atoms with Crippen molar-refractivity contribution >= 4 is 34.8 Å². The quantitative estimate of drug-likeness (QED) is 0.537. The molecule has 2 amide bonds. The molecule has 10 nitrogen and oxygen atoms in total. The van der Waals surface area contributed by atoms with Gasteiger partial charge in [-0.1, -0.05) is 0 Å². The maximum absolute atomic E-state index is 12.0. The molecule has 2 atom stereocenters. The van der Waals surface area contributed by atoms with Crippen LogP contribution in [0.25, 0.3) is 0 Å². The van der Waals surface area contributed by atoms with E-state index in [-0.39, 0.29) is 0 Å². The molecule has 0 aromatic heterocycles. The van der Waals surface area contributed by atoms with E-state index in [4.69, 9.17) is 0 Å². The van der Waals surface area contributed by atoms with Gasteiger partial charge in [0.2, 0.25) is 12.1 Å². The minimum absolute atomic E-state index is 0.405. The van der Waals surface area contributed by atoms with Crippen LogP contribution < -0.4 is 10.6 Å². The van der Waals surface area contributed by atoms with Gasteiger partial charge in [0, 0.05) is 25.5 Å². The van der Waals surface area contributed by atoms with Crippen molar-refractivity contribution in [1.29, 1.82) is 0 Å². The molecule has 0 aliphatic carbocycles. The molecule has 2 unspecified atom stereocenters. The number of carbonyl (C=O) groups excluding carboxylic acids is 4. The molecule has 0 saturated carbocycles. The van der Waals surface area contributed by atoms with Crippen LogP contribution in [0.1, 0.15) is 13.8 Å². The van der Waals surface area contributed by atoms with Gasteiger partial charge < -0.3 is 10.6 Å². The van der Waals surface area contributed by atoms with E-state index in [1.807, 2.05) is 0 Å². The zero-order valence-electron chi connectivity index (χ0n) is 14.9. The second-order valence-electron chi connectivity index (χ2n) is 5.21. The molecular formula is C16H20N6O4. The first-order chi connectivity index (χ1) is 12.3. The maximum atomic E-state index is 12.0. The summed E-state index contributed by atoms with van der Waals surface area (Å²) in [5.41, 5.74) is 0.809. The molecule has 0 saturated heterocycles. The van der Waals surface area contributed by atoms with Gasteiger partial charge in [-0.3, -0.25) is 19.2 Å². The average Bonchev–Trinajstić information content (AvgIpc) is 2.58. The van der Waals surface area contributed by atoms with E-state index < -0.39 is 35.5 Å². The summed E-state index contributed by atoms with van der Waals surface area (Å²) < 4.78 is 0. The Hall–Kier alpha value is -3.30. The van der Waals surface area contributed by atoms with Gasteiger partial charge in [-0.25, -0.2) is 0 Å². The van der Waals surface area contributed by atoms with Gasteiger partial charge in [0.1, 0.15) is 0 Å². The second-order valence-corrected chi connectivity index (χ2v) is 5.21. The van der Waals surface area contributed by atoms with Crippen molar-refractivity contribution in [3.8, 4) is 0 Å². The highest BCUT2D eigenvalue weighted by atomic mass is 16.2. The predicted molar refractivity (Wildman–Crippen MR) is 94.2 cm³/mol. The fraction of sp³-hybridized carbons (Fsp3) is 0.375. The SMILES string of the molecule is C/N=N/C(C(C)=O)C(=O)Nc1ccc(NC(=O)C(/N=N/C)C(C)=O)cc1. The van der Waals surface area contributed by atoms with E-state index in [9.17, 15) is 19.2 Å². The van der Waals surface area contributed by atoms with E-state index in [1.165, 1.54) is 52.2 Å². The average molecular weight is 360 g/mol. The second kappa shape index (κ2) is 9.87. The van der Waals surface area contributed by atoms with Crippen LogP contribution in [-0.4, -0.2) is 49.6 Å². The number of hydrogen-bond donors (Lipinski definition) is 2. The third-order valence-corrected chi connectivity index (χ3v) is 3.15. The summed E-state index contributed by atoms with van der Waals surface area (Å²) >= 11 is 0. The highest BCUT2D eigenvalue weighted by Gasteiger charge is 2.24. The number of nitrogens with zero attached hydrogens (tertiary/aromatic N) is 4. The smallest absolute Gasteiger partial charge is 0.258 e. The zero-order valence-corrected chi connectivity index (χ0v) is 14.9. The maximum Gasteiger partial charge on any atom is 0.258 e. The number of benzene rings is 1. The lowest BCUT2D eigenvalue weighted by molar-refractivity contribution is -0.127. The van der Waals surface area contributed by atoms with Gasteiger partial charge in [0.05, 0.1) is 0 Å². The molecule has 1 aromatic rings. The van der Waals surface area contributed by atoms with Crippen molar-refractivity contribution < 1.29 is 19.2 Å². The number of amides is 2. The first kappa shape index (κ1) is 20.7. The summed E-state index contributed by atoms with van der Waals surface area (Å²) in [7, 11) is 2.74. The van der Waals surface area contributed by atoms with Crippen molar-refractivity contribution in [2.24, 2.45) is 20.5 Å². The Balaban J connectivity index is 2.80. The number of anilines is 2. The molecule has 0 bridgehead atoms. The minimum Gasteiger partial charge on any atom is -0.324 e. The van der Waals surface area contributed by atoms with Crippen LogP contribution in [0, 0.1) is 0 Å². The molecule has 1 aromatic carbocycles. The molecule has 26 heavy (non-hydrogen) atoms. The fourth-order valence-electron chi connectivity index (χ4n) is 1.93. The first-order valence-electron chi connectivity index (χ1n) is 7.60. The van der Waals surface area contributed by atoms with Crippen LogP contribution in [0.4, 0.5) is 11.4 Å². The number of ketones is 2. The van der Waals surface area contributed by atoms with E-state index in [2.05, 4.69) is 31.1 Å². The van der Waals surface area contributed by atoms with Crippen LogP contribution in [0.5, 0.6) is 0 Å². The van der Waals surface area contributed by atoms with Crippen LogP contribution in [0.15, 0.2) is 44.7 Å². The van der Waals surface area contributed by atoms with Crippen LogP contribution in [0.2, 0.25) is 0 Å². The van der Waals surface area contributed by atoms with Gasteiger partial charge in [0.25, 0.3) is 11.8 Å². The lowest BCUT2D eigenvalue weighted by atomic mass is 10.2. The Morgan fingerprint density at radius 1 is 0.731 bits per heavy atom. The fourth-order valence-corrected chi connectivity index (χ4v) is 1.93. The van der Waals surface area contributed by atoms with E-state index in [0.717, 1.165) is 0 Å². The Morgan fingerprint density at radius 3 is 1.27 bits per heavy atom. The molecule has 0 aliphatic heterocycles. The van der Waals surface area contributed by atoms with Gasteiger partial charge in [-0.05, 0) is 38.1 Å². The highest BCUT2D eigenvalue weighted by molar-refractivity contribution is 6.11. The predicted octanol–water partition coefficient (Wildman–Crippen LogP) is 1.64.